The minimum absolute atomic E-state index is 1.40. The van der Waals surface area contributed by atoms with Crippen molar-refractivity contribution < 1.29 is 65.3 Å². The normalized spacial score (nSPS) is 15.2. The van der Waals surface area contributed by atoms with Crippen LogP contribution in [0.2, 0.25) is 0 Å². The minimum atomic E-state index is -6.26. The molecular weight excluding hydrogens is 362 g/mol. The summed E-state index contributed by atoms with van der Waals surface area (Å²) in [6, 6.07) is 0. The van der Waals surface area contributed by atoms with Gasteiger partial charge in [-0.1, -0.05) is 0 Å². The molecule has 0 aliphatic heterocycles. The summed E-state index contributed by atoms with van der Waals surface area (Å²) in [5.74, 6) is 0. The van der Waals surface area contributed by atoms with E-state index in [1.165, 1.54) is 0 Å². The van der Waals surface area contributed by atoms with Crippen LogP contribution in [0.15, 0.2) is 0 Å². The molecule has 0 amide bonds. The molecule has 0 saturated carbocycles. The number of alkyl halides is 6. The first-order valence-electron chi connectivity index (χ1n) is 2.79. The summed E-state index contributed by atoms with van der Waals surface area (Å²) in [5.41, 5.74) is -11.9. The van der Waals surface area contributed by atoms with Gasteiger partial charge in [0, 0.05) is 0 Å². The molecule has 0 N–H and O–H groups in total. The average Bonchev–Trinajstić information content (AvgIpc) is 1.98. The summed E-state index contributed by atoms with van der Waals surface area (Å²) < 4.78 is 115. The van der Waals surface area contributed by atoms with Gasteiger partial charge in [0.05, 0.1) is 0 Å². The first-order valence-corrected chi connectivity index (χ1v) is 6.37. The van der Waals surface area contributed by atoms with Gasteiger partial charge in [0.2, 0.25) is 0 Å². The Morgan fingerprint density at radius 2 is 0.941 bits per heavy atom. The van der Waals surface area contributed by atoms with Crippen molar-refractivity contribution >= 4 is 20.2 Å². The first-order chi connectivity index (χ1) is 7.21. The molecule has 0 aromatic rings. The van der Waals surface area contributed by atoms with Gasteiger partial charge in [0.15, 0.2) is 0 Å². The van der Waals surface area contributed by atoms with E-state index in [2.05, 4.69) is 6.53 Å². The van der Waals surface area contributed by atoms with Gasteiger partial charge in [0.1, 0.15) is 0 Å². The molecule has 15 heteroatoms. The number of hydrogen-bond acceptors (Lipinski definition) is 6. The number of hydrogen-bond donors (Lipinski definition) is 0. The molecule has 0 radical (unpaired) electrons. The van der Waals surface area contributed by atoms with E-state index in [9.17, 15) is 43.2 Å². The summed E-state index contributed by atoms with van der Waals surface area (Å²) in [4.78, 5) is 0. The summed E-state index contributed by atoms with van der Waals surface area (Å²) >= 11 is -1.40. The first kappa shape index (κ1) is 16.9. The van der Waals surface area contributed by atoms with E-state index in [0.29, 0.717) is 0 Å². The van der Waals surface area contributed by atoms with E-state index in [4.69, 9.17) is 0 Å². The molecule has 0 heterocycles. The average molecular weight is 362 g/mol. The Balaban J connectivity index is 4.58. The molecule has 0 fully saturated rings. The zero-order chi connectivity index (χ0) is 14.1. The third kappa shape index (κ3) is 4.59. The zero-order valence-corrected chi connectivity index (χ0v) is 9.41. The number of rotatable bonds is 4. The van der Waals surface area contributed by atoms with Gasteiger partial charge < -0.3 is 0 Å². The van der Waals surface area contributed by atoms with Crippen molar-refractivity contribution in [3.8, 4) is 0 Å². The fourth-order valence-corrected chi connectivity index (χ4v) is 1.68. The molecule has 6 nitrogen and oxygen atoms in total. The topological polar surface area (TPSA) is 86.7 Å². The molecule has 0 bridgehead atoms. The van der Waals surface area contributed by atoms with Crippen LogP contribution in [0.25, 0.3) is 0 Å². The predicted octanol–water partition coefficient (Wildman–Crippen LogP) is 0.631. The zero-order valence-electron chi connectivity index (χ0n) is 6.84. The second kappa shape index (κ2) is 4.89. The van der Waals surface area contributed by atoms with Gasteiger partial charge in [-0.05, 0) is 0 Å². The van der Waals surface area contributed by atoms with Crippen molar-refractivity contribution in [2.24, 2.45) is 0 Å². The van der Waals surface area contributed by atoms with Crippen LogP contribution in [-0.2, 0) is 42.4 Å². The third-order valence-electron chi connectivity index (χ3n) is 0.740. The van der Waals surface area contributed by atoms with Crippen LogP contribution in [0.5, 0.6) is 0 Å². The van der Waals surface area contributed by atoms with Crippen molar-refractivity contribution in [2.75, 3.05) is 0 Å². The van der Waals surface area contributed by atoms with Crippen molar-refractivity contribution in [3.63, 3.8) is 0 Å². The van der Waals surface area contributed by atoms with Gasteiger partial charge in [-0.3, -0.25) is 0 Å². The Hall–Kier alpha value is -0.0805. The van der Waals surface area contributed by atoms with Gasteiger partial charge in [-0.15, -0.1) is 0 Å². The molecule has 0 saturated heterocycles. The molecule has 17 heavy (non-hydrogen) atoms. The molecular formula is C2CuF6O6S2. The summed E-state index contributed by atoms with van der Waals surface area (Å²) in [6.45, 7) is 0. The fraction of sp³-hybridized carbons (Fsp3) is 1.00. The second-order valence-corrected chi connectivity index (χ2v) is 5.99. The van der Waals surface area contributed by atoms with E-state index >= 15 is 0 Å². The molecule has 0 aliphatic rings. The molecule has 0 rings (SSSR count). The van der Waals surface area contributed by atoms with Crippen molar-refractivity contribution in [3.05, 3.63) is 0 Å². The quantitative estimate of drug-likeness (QED) is 0.415. The molecule has 109 valence electrons. The van der Waals surface area contributed by atoms with Gasteiger partial charge in [-0.2, -0.15) is 0 Å². The number of halogens is 6. The van der Waals surface area contributed by atoms with Crippen LogP contribution in [0.1, 0.15) is 0 Å². The fourth-order valence-electron chi connectivity index (χ4n) is 0.119. The maximum atomic E-state index is 11.5. The predicted molar refractivity (Wildman–Crippen MR) is 32.1 cm³/mol. The molecule has 0 aromatic heterocycles. The van der Waals surface area contributed by atoms with Crippen molar-refractivity contribution in [1.29, 1.82) is 0 Å². The van der Waals surface area contributed by atoms with Gasteiger partial charge in [-0.25, -0.2) is 0 Å². The van der Waals surface area contributed by atoms with Crippen LogP contribution < -0.4 is 0 Å². The Morgan fingerprint density at radius 3 is 1.12 bits per heavy atom. The van der Waals surface area contributed by atoms with Crippen molar-refractivity contribution in [1.82, 2.24) is 0 Å². The summed E-state index contributed by atoms with van der Waals surface area (Å²) in [5, 5.41) is 0. The van der Waals surface area contributed by atoms with E-state index in [-0.39, 0.29) is 0 Å². The Morgan fingerprint density at radius 1 is 0.706 bits per heavy atom. The summed E-state index contributed by atoms with van der Waals surface area (Å²) in [6.07, 6.45) is 0. The van der Waals surface area contributed by atoms with Crippen LogP contribution in [0.3, 0.4) is 0 Å². The molecule has 0 spiro atoms. The van der Waals surface area contributed by atoms with Crippen molar-refractivity contribution in [2.45, 2.75) is 11.0 Å². The molecule has 0 aromatic carbocycles. The van der Waals surface area contributed by atoms with Crippen LogP contribution in [0.4, 0.5) is 26.3 Å². The molecule has 0 unspecified atom stereocenters. The van der Waals surface area contributed by atoms with E-state index < -0.39 is 46.9 Å². The van der Waals surface area contributed by atoms with Crippen LogP contribution in [0, 0.1) is 0 Å². The second-order valence-electron chi connectivity index (χ2n) is 1.95. The maximum absolute atomic E-state index is 11.5. The third-order valence-corrected chi connectivity index (χ3v) is 3.84. The summed E-state index contributed by atoms with van der Waals surface area (Å²) in [7, 11) is -12.5. The molecule has 0 aliphatic carbocycles. The van der Waals surface area contributed by atoms with Gasteiger partial charge >= 0.3 is 96.6 Å². The SMILES string of the molecule is O=S(=O)([O][Cu][O]S(=O)(=O)C(F)(F)F)C(F)(F)F. The monoisotopic (exact) mass is 361 g/mol. The Kier molecular flexibility index (Phi) is 4.87. The van der Waals surface area contributed by atoms with E-state index in [1.54, 1.807) is 0 Å². The van der Waals surface area contributed by atoms with Crippen LogP contribution in [-0.4, -0.2) is 27.9 Å². The van der Waals surface area contributed by atoms with E-state index in [1.807, 2.05) is 0 Å². The Labute approximate surface area is 96.9 Å². The standard InChI is InChI=1S/2CHF3O3S.Cu/c2*2-1(3,4)8(5,6)7;/h2*(H,5,6,7);/q;;+2/p-2. The molecule has 0 atom stereocenters. The van der Waals surface area contributed by atoms with E-state index in [0.717, 1.165) is 0 Å². The van der Waals surface area contributed by atoms with Gasteiger partial charge in [0.25, 0.3) is 0 Å². The Bertz CT molecular complexity index is 414. The van der Waals surface area contributed by atoms with Crippen LogP contribution >= 0.6 is 0 Å².